The number of aliphatic carboxylic acids is 1. The van der Waals surface area contributed by atoms with Crippen LogP contribution in [-0.2, 0) is 19.7 Å². The third kappa shape index (κ3) is 2.91. The monoisotopic (exact) mass is 252 g/mol. The van der Waals surface area contributed by atoms with Crippen molar-refractivity contribution in [1.29, 1.82) is 0 Å². The average Bonchev–Trinajstić information content (AvgIpc) is 2.60. The molecule has 7 nitrogen and oxygen atoms in total. The molecule has 8 heteroatoms. The van der Waals surface area contributed by atoms with Crippen LogP contribution in [0.1, 0.15) is 13.3 Å². The van der Waals surface area contributed by atoms with Gasteiger partial charge < -0.3 is 9.84 Å². The molecule has 0 aromatic heterocycles. The lowest BCUT2D eigenvalue weighted by Crippen LogP contribution is -2.49. The van der Waals surface area contributed by atoms with E-state index >= 15 is 0 Å². The number of rotatable bonds is 5. The molecule has 1 rings (SSSR count). The Morgan fingerprint density at radius 1 is 1.56 bits per heavy atom. The Morgan fingerprint density at radius 3 is 2.62 bits per heavy atom. The minimum absolute atomic E-state index is 0.0235. The summed E-state index contributed by atoms with van der Waals surface area (Å²) in [6.07, 6.45) is 0.569. The number of hydrogen-bond acceptors (Lipinski definition) is 4. The molecule has 1 heterocycles. The van der Waals surface area contributed by atoms with Crippen LogP contribution in [-0.4, -0.2) is 49.6 Å². The number of carboxylic acids is 1. The van der Waals surface area contributed by atoms with Crippen LogP contribution >= 0.6 is 0 Å². The summed E-state index contributed by atoms with van der Waals surface area (Å²) < 4.78 is 28.7. The molecule has 1 fully saturated rings. The first-order chi connectivity index (χ1) is 7.38. The fourth-order valence-electron chi connectivity index (χ4n) is 1.76. The first-order valence-electron chi connectivity index (χ1n) is 4.98. The molecule has 2 unspecified atom stereocenters. The molecule has 1 saturated heterocycles. The van der Waals surface area contributed by atoms with Crippen LogP contribution in [0.5, 0.6) is 0 Å². The van der Waals surface area contributed by atoms with Gasteiger partial charge in [-0.1, -0.05) is 6.92 Å². The van der Waals surface area contributed by atoms with Gasteiger partial charge in [0.25, 0.3) is 10.2 Å². The van der Waals surface area contributed by atoms with E-state index in [1.54, 1.807) is 6.92 Å². The molecule has 0 bridgehead atoms. The SMILES string of the molecule is CCCN(C1COCC1C(=O)O)S(N)(=O)=O. The predicted octanol–water partition coefficient (Wildman–Crippen LogP) is -0.998. The number of nitrogens with two attached hydrogens (primary N) is 1. The standard InChI is InChI=1S/C8H16N2O5S/c1-2-3-10(16(9,13)14)7-5-15-4-6(7)8(11)12/h6-7H,2-5H2,1H3,(H,11,12)(H2,9,13,14). The smallest absolute Gasteiger partial charge is 0.310 e. The number of nitrogens with zero attached hydrogens (tertiary/aromatic N) is 1. The van der Waals surface area contributed by atoms with Gasteiger partial charge in [-0.2, -0.15) is 12.7 Å². The zero-order chi connectivity index (χ0) is 12.3. The summed E-state index contributed by atoms with van der Waals surface area (Å²) in [5.41, 5.74) is 0. The molecule has 1 aliphatic heterocycles. The van der Waals surface area contributed by atoms with Crippen LogP contribution in [0.3, 0.4) is 0 Å². The molecule has 0 amide bonds. The molecule has 94 valence electrons. The van der Waals surface area contributed by atoms with Crippen molar-refractivity contribution in [3.63, 3.8) is 0 Å². The van der Waals surface area contributed by atoms with Crippen molar-refractivity contribution < 1.29 is 23.1 Å². The van der Waals surface area contributed by atoms with Crippen LogP contribution in [0, 0.1) is 5.92 Å². The molecule has 0 radical (unpaired) electrons. The molecule has 16 heavy (non-hydrogen) atoms. The quantitative estimate of drug-likeness (QED) is 0.652. The summed E-state index contributed by atoms with van der Waals surface area (Å²) in [5, 5.41) is 14.0. The van der Waals surface area contributed by atoms with E-state index in [2.05, 4.69) is 0 Å². The van der Waals surface area contributed by atoms with E-state index in [0.29, 0.717) is 6.42 Å². The van der Waals surface area contributed by atoms with Crippen LogP contribution in [0.2, 0.25) is 0 Å². The molecule has 0 aromatic rings. The van der Waals surface area contributed by atoms with E-state index in [1.807, 2.05) is 0 Å². The Balaban J connectivity index is 2.90. The van der Waals surface area contributed by atoms with Gasteiger partial charge in [0, 0.05) is 6.54 Å². The summed E-state index contributed by atoms with van der Waals surface area (Å²) in [5.74, 6) is -1.91. The predicted molar refractivity (Wildman–Crippen MR) is 55.8 cm³/mol. The van der Waals surface area contributed by atoms with Gasteiger partial charge in [-0.05, 0) is 6.42 Å². The fraction of sp³-hybridized carbons (Fsp3) is 0.875. The molecule has 0 aliphatic carbocycles. The van der Waals surface area contributed by atoms with Crippen LogP contribution in [0.4, 0.5) is 0 Å². The summed E-state index contributed by atoms with van der Waals surface area (Å²) >= 11 is 0. The zero-order valence-corrected chi connectivity index (χ0v) is 9.81. The largest absolute Gasteiger partial charge is 0.481 e. The molecule has 3 N–H and O–H groups in total. The van der Waals surface area contributed by atoms with E-state index in [-0.39, 0.29) is 19.8 Å². The summed E-state index contributed by atoms with van der Waals surface area (Å²) in [4.78, 5) is 10.9. The van der Waals surface area contributed by atoms with Crippen molar-refractivity contribution >= 4 is 16.2 Å². The van der Waals surface area contributed by atoms with Gasteiger partial charge >= 0.3 is 5.97 Å². The summed E-state index contributed by atoms with van der Waals surface area (Å²) in [6, 6.07) is -0.701. The normalized spacial score (nSPS) is 26.2. The Morgan fingerprint density at radius 2 is 2.19 bits per heavy atom. The second kappa shape index (κ2) is 5.09. The Hall–Kier alpha value is -0.700. The minimum atomic E-state index is -3.89. The van der Waals surface area contributed by atoms with Gasteiger partial charge in [-0.3, -0.25) is 4.79 Å². The van der Waals surface area contributed by atoms with E-state index in [4.69, 9.17) is 15.0 Å². The highest BCUT2D eigenvalue weighted by atomic mass is 32.2. The maximum atomic E-state index is 11.3. The molecule has 0 saturated carbocycles. The summed E-state index contributed by atoms with van der Waals surface area (Å²) in [7, 11) is -3.89. The maximum absolute atomic E-state index is 11.3. The van der Waals surface area contributed by atoms with Gasteiger partial charge in [0.1, 0.15) is 0 Å². The van der Waals surface area contributed by atoms with E-state index in [9.17, 15) is 13.2 Å². The second-order valence-electron chi connectivity index (χ2n) is 3.71. The lowest BCUT2D eigenvalue weighted by Gasteiger charge is -2.26. The van der Waals surface area contributed by atoms with Gasteiger partial charge in [-0.25, -0.2) is 5.14 Å². The number of carbonyl (C=O) groups is 1. The lowest BCUT2D eigenvalue weighted by atomic mass is 10.0. The molecular weight excluding hydrogens is 236 g/mol. The van der Waals surface area contributed by atoms with Crippen LogP contribution in [0.25, 0.3) is 0 Å². The maximum Gasteiger partial charge on any atom is 0.310 e. The minimum Gasteiger partial charge on any atom is -0.481 e. The van der Waals surface area contributed by atoms with Crippen molar-refractivity contribution in [1.82, 2.24) is 4.31 Å². The van der Waals surface area contributed by atoms with Crippen molar-refractivity contribution in [2.24, 2.45) is 11.1 Å². The second-order valence-corrected chi connectivity index (χ2v) is 5.20. The lowest BCUT2D eigenvalue weighted by molar-refractivity contribution is -0.142. The molecule has 2 atom stereocenters. The molecular formula is C8H16N2O5S. The van der Waals surface area contributed by atoms with Crippen molar-refractivity contribution in [3.05, 3.63) is 0 Å². The molecule has 0 spiro atoms. The van der Waals surface area contributed by atoms with Crippen LogP contribution < -0.4 is 5.14 Å². The average molecular weight is 252 g/mol. The van der Waals surface area contributed by atoms with E-state index < -0.39 is 28.1 Å². The molecule has 1 aliphatic rings. The van der Waals surface area contributed by atoms with Gasteiger partial charge in [0.05, 0.1) is 25.2 Å². The number of hydrogen-bond donors (Lipinski definition) is 2. The van der Waals surface area contributed by atoms with Crippen molar-refractivity contribution in [3.8, 4) is 0 Å². The van der Waals surface area contributed by atoms with Gasteiger partial charge in [0.2, 0.25) is 0 Å². The fourth-order valence-corrected chi connectivity index (χ4v) is 2.79. The first kappa shape index (κ1) is 13.4. The highest BCUT2D eigenvalue weighted by Crippen LogP contribution is 2.21. The highest BCUT2D eigenvalue weighted by Gasteiger charge is 2.41. The van der Waals surface area contributed by atoms with Gasteiger partial charge in [-0.15, -0.1) is 0 Å². The Kier molecular flexibility index (Phi) is 4.25. The first-order valence-corrected chi connectivity index (χ1v) is 6.48. The third-order valence-electron chi connectivity index (χ3n) is 2.51. The number of carboxylic acid groups (broad SMARTS) is 1. The van der Waals surface area contributed by atoms with Crippen molar-refractivity contribution in [2.75, 3.05) is 19.8 Å². The third-order valence-corrected chi connectivity index (χ3v) is 3.62. The zero-order valence-electron chi connectivity index (χ0n) is 9.00. The van der Waals surface area contributed by atoms with Crippen molar-refractivity contribution in [2.45, 2.75) is 19.4 Å². The highest BCUT2D eigenvalue weighted by molar-refractivity contribution is 7.86. The van der Waals surface area contributed by atoms with E-state index in [0.717, 1.165) is 4.31 Å². The van der Waals surface area contributed by atoms with E-state index in [1.165, 1.54) is 0 Å². The van der Waals surface area contributed by atoms with Crippen LogP contribution in [0.15, 0.2) is 0 Å². The topological polar surface area (TPSA) is 110 Å². The summed E-state index contributed by atoms with van der Waals surface area (Å²) in [6.45, 7) is 2.10. The Bertz CT molecular complexity index is 355. The van der Waals surface area contributed by atoms with Gasteiger partial charge in [0.15, 0.2) is 0 Å². The molecule has 0 aromatic carbocycles. The number of ether oxygens (including phenoxy) is 1. The Labute approximate surface area is 94.4 Å².